The van der Waals surface area contributed by atoms with E-state index in [1.165, 1.54) is 10.9 Å². The van der Waals surface area contributed by atoms with Crippen LogP contribution in [0.15, 0.2) is 66.7 Å². The van der Waals surface area contributed by atoms with Crippen molar-refractivity contribution in [2.24, 2.45) is 0 Å². The Morgan fingerprint density at radius 2 is 2.12 bits per heavy atom. The lowest BCUT2D eigenvalue weighted by Gasteiger charge is -2.09. The fraction of sp³-hybridized carbons (Fsp3) is 0.158. The summed E-state index contributed by atoms with van der Waals surface area (Å²) >= 11 is 1.57. The molecule has 25 heavy (non-hydrogen) atoms. The van der Waals surface area contributed by atoms with E-state index in [0.29, 0.717) is 5.84 Å². The van der Waals surface area contributed by atoms with Gasteiger partial charge >= 0.3 is 0 Å². The van der Waals surface area contributed by atoms with E-state index in [1.54, 1.807) is 11.3 Å². The van der Waals surface area contributed by atoms with E-state index in [4.69, 9.17) is 5.41 Å². The van der Waals surface area contributed by atoms with Crippen LogP contribution < -0.4 is 5.32 Å². The molecule has 5 nitrogen and oxygen atoms in total. The first-order chi connectivity index (χ1) is 12.3. The third kappa shape index (κ3) is 3.49. The van der Waals surface area contributed by atoms with E-state index < -0.39 is 0 Å². The van der Waals surface area contributed by atoms with Crippen LogP contribution in [0, 0.1) is 5.41 Å². The zero-order valence-electron chi connectivity index (χ0n) is 13.7. The lowest BCUT2D eigenvalue weighted by Crippen LogP contribution is -2.10. The Morgan fingerprint density at radius 1 is 1.16 bits per heavy atom. The van der Waals surface area contributed by atoms with Crippen molar-refractivity contribution in [2.75, 3.05) is 5.32 Å². The third-order valence-corrected chi connectivity index (χ3v) is 5.07. The highest BCUT2D eigenvalue weighted by Crippen LogP contribution is 2.22. The Kier molecular flexibility index (Phi) is 4.35. The average molecular weight is 349 g/mol. The van der Waals surface area contributed by atoms with Gasteiger partial charge in [0.15, 0.2) is 0 Å². The molecule has 3 aromatic heterocycles. The molecule has 0 radical (unpaired) electrons. The molecule has 0 spiro atoms. The summed E-state index contributed by atoms with van der Waals surface area (Å²) in [6, 6.07) is 12.3. The number of aromatic nitrogens is 3. The monoisotopic (exact) mass is 349 g/mol. The molecule has 0 amide bonds. The van der Waals surface area contributed by atoms with Crippen LogP contribution in [0.25, 0.3) is 10.9 Å². The maximum Gasteiger partial charge on any atom is 0.140 e. The molecule has 6 heteroatoms. The number of fused-ring (bicyclic) bond motifs is 1. The van der Waals surface area contributed by atoms with Gasteiger partial charge in [-0.15, -0.1) is 11.3 Å². The van der Waals surface area contributed by atoms with Gasteiger partial charge in [-0.2, -0.15) is 0 Å². The molecule has 0 atom stereocenters. The summed E-state index contributed by atoms with van der Waals surface area (Å²) in [6.07, 6.45) is 8.83. The first-order valence-electron chi connectivity index (χ1n) is 8.24. The van der Waals surface area contributed by atoms with Gasteiger partial charge < -0.3 is 14.5 Å². The van der Waals surface area contributed by atoms with Crippen molar-refractivity contribution in [1.29, 1.82) is 5.41 Å². The number of imidazole rings is 1. The van der Waals surface area contributed by atoms with Gasteiger partial charge in [-0.25, -0.2) is 4.98 Å². The maximum absolute atomic E-state index is 8.18. The molecule has 0 aliphatic heterocycles. The maximum atomic E-state index is 8.18. The van der Waals surface area contributed by atoms with Gasteiger partial charge in [0.2, 0.25) is 0 Å². The first-order valence-corrected chi connectivity index (χ1v) is 9.12. The predicted octanol–water partition coefficient (Wildman–Crippen LogP) is 4.43. The molecule has 1 aromatic carbocycles. The van der Waals surface area contributed by atoms with Crippen LogP contribution in [0.2, 0.25) is 0 Å². The SMILES string of the molecule is N=C(Nc1ccc2ccn(CCCn3ccnc3)c2c1)c1cccs1. The lowest BCUT2D eigenvalue weighted by molar-refractivity contribution is 0.573. The number of hydrogen-bond acceptors (Lipinski definition) is 3. The zero-order valence-corrected chi connectivity index (χ0v) is 14.5. The molecule has 0 aliphatic carbocycles. The van der Waals surface area contributed by atoms with Gasteiger partial charge in [-0.05, 0) is 41.5 Å². The third-order valence-electron chi connectivity index (χ3n) is 4.19. The van der Waals surface area contributed by atoms with Crippen LogP contribution >= 0.6 is 11.3 Å². The van der Waals surface area contributed by atoms with Crippen molar-refractivity contribution in [3.63, 3.8) is 0 Å². The van der Waals surface area contributed by atoms with Gasteiger partial charge in [0.05, 0.1) is 16.7 Å². The average Bonchev–Trinajstić information content (AvgIpc) is 3.37. The van der Waals surface area contributed by atoms with Crippen molar-refractivity contribution < 1.29 is 0 Å². The van der Waals surface area contributed by atoms with Crippen LogP contribution in [0.1, 0.15) is 11.3 Å². The molecule has 0 bridgehead atoms. The highest BCUT2D eigenvalue weighted by atomic mass is 32.1. The summed E-state index contributed by atoms with van der Waals surface area (Å²) in [6.45, 7) is 1.91. The van der Waals surface area contributed by atoms with Crippen LogP contribution in [0.3, 0.4) is 0 Å². The molecular formula is C19H19N5S. The molecular weight excluding hydrogens is 330 g/mol. The Bertz CT molecular complexity index is 967. The van der Waals surface area contributed by atoms with Crippen LogP contribution in [0.4, 0.5) is 5.69 Å². The number of hydrogen-bond donors (Lipinski definition) is 2. The minimum absolute atomic E-state index is 0.438. The number of rotatable bonds is 6. The van der Waals surface area contributed by atoms with Crippen LogP contribution in [0.5, 0.6) is 0 Å². The molecule has 0 saturated heterocycles. The van der Waals surface area contributed by atoms with Crippen molar-refractivity contribution in [3.05, 3.63) is 71.6 Å². The van der Waals surface area contributed by atoms with Gasteiger partial charge in [0.25, 0.3) is 0 Å². The van der Waals surface area contributed by atoms with Gasteiger partial charge in [0.1, 0.15) is 5.84 Å². The summed E-state index contributed by atoms with van der Waals surface area (Å²) in [7, 11) is 0. The topological polar surface area (TPSA) is 58.6 Å². The molecule has 126 valence electrons. The number of nitrogens with one attached hydrogen (secondary N) is 2. The summed E-state index contributed by atoms with van der Waals surface area (Å²) < 4.78 is 4.37. The quantitative estimate of drug-likeness (QED) is 0.400. The van der Waals surface area contributed by atoms with Crippen molar-refractivity contribution in [3.8, 4) is 0 Å². The van der Waals surface area contributed by atoms with Gasteiger partial charge in [-0.3, -0.25) is 5.41 Å². The number of amidine groups is 1. The van der Waals surface area contributed by atoms with Crippen LogP contribution in [-0.2, 0) is 13.1 Å². The summed E-state index contributed by atoms with van der Waals surface area (Å²) in [5.74, 6) is 0.438. The number of anilines is 1. The Balaban J connectivity index is 1.48. The van der Waals surface area contributed by atoms with E-state index in [9.17, 15) is 0 Å². The Labute approximate surface area is 150 Å². The van der Waals surface area contributed by atoms with E-state index in [0.717, 1.165) is 30.1 Å². The molecule has 4 aromatic rings. The van der Waals surface area contributed by atoms with E-state index >= 15 is 0 Å². The normalized spacial score (nSPS) is 11.0. The van der Waals surface area contributed by atoms with Gasteiger partial charge in [-0.1, -0.05) is 12.1 Å². The summed E-state index contributed by atoms with van der Waals surface area (Å²) in [5.41, 5.74) is 2.13. The van der Waals surface area contributed by atoms with Crippen molar-refractivity contribution in [1.82, 2.24) is 14.1 Å². The Morgan fingerprint density at radius 3 is 2.92 bits per heavy atom. The standard InChI is InChI=1S/C19H19N5S/c20-19(18-3-1-12-25-18)22-16-5-4-15-6-10-24(17(15)13-16)9-2-8-23-11-7-21-14-23/h1,3-7,10-14H,2,8-9H2,(H2,20,22). The Hall–Kier alpha value is -2.86. The predicted molar refractivity (Wildman–Crippen MR) is 104 cm³/mol. The minimum atomic E-state index is 0.438. The molecule has 0 fully saturated rings. The fourth-order valence-corrected chi connectivity index (χ4v) is 3.56. The molecule has 0 aliphatic rings. The second kappa shape index (κ2) is 6.94. The molecule has 4 rings (SSSR count). The van der Waals surface area contributed by atoms with E-state index in [2.05, 4.69) is 43.8 Å². The summed E-state index contributed by atoms with van der Waals surface area (Å²) in [5, 5.41) is 14.6. The van der Waals surface area contributed by atoms with Gasteiger partial charge in [0, 0.05) is 37.4 Å². The van der Waals surface area contributed by atoms with Crippen LogP contribution in [-0.4, -0.2) is 20.0 Å². The lowest BCUT2D eigenvalue weighted by atomic mass is 10.2. The highest BCUT2D eigenvalue weighted by molar-refractivity contribution is 7.12. The smallest absolute Gasteiger partial charge is 0.140 e. The largest absolute Gasteiger partial charge is 0.347 e. The fourth-order valence-electron chi connectivity index (χ4n) is 2.93. The molecule has 0 saturated carbocycles. The van der Waals surface area contributed by atoms with E-state index in [-0.39, 0.29) is 0 Å². The molecule has 0 unspecified atom stereocenters. The second-order valence-corrected chi connectivity index (χ2v) is 6.86. The van der Waals surface area contributed by atoms with Crippen molar-refractivity contribution in [2.45, 2.75) is 19.5 Å². The molecule has 2 N–H and O–H groups in total. The number of nitrogens with zero attached hydrogens (tertiary/aromatic N) is 3. The molecule has 3 heterocycles. The van der Waals surface area contributed by atoms with E-state index in [1.807, 2.05) is 42.3 Å². The van der Waals surface area contributed by atoms with Crippen molar-refractivity contribution >= 4 is 33.8 Å². The highest BCUT2D eigenvalue weighted by Gasteiger charge is 2.06. The second-order valence-electron chi connectivity index (χ2n) is 5.91. The number of benzene rings is 1. The first kappa shape index (κ1) is 15.7. The minimum Gasteiger partial charge on any atom is -0.347 e. The number of aryl methyl sites for hydroxylation is 2. The number of thiophene rings is 1. The zero-order chi connectivity index (χ0) is 17.1. The summed E-state index contributed by atoms with van der Waals surface area (Å²) in [4.78, 5) is 5.02.